The van der Waals surface area contributed by atoms with Crippen LogP contribution in [0.25, 0.3) is 11.0 Å². The standard InChI is InChI=1S/C26H25NO6/c1-3-14-32-19-11-9-17(10-12-19)23-22(25(29)26(30)27(23)13-6-15-31-2)24(28)21-16-18-7-4-5-8-20(18)33-21/h3-5,7-12,16,23,29H,1,6,13-15H2,2H3. The van der Waals surface area contributed by atoms with Crippen LogP contribution in [-0.2, 0) is 9.53 Å². The predicted molar refractivity (Wildman–Crippen MR) is 123 cm³/mol. The zero-order valence-electron chi connectivity index (χ0n) is 18.3. The molecule has 0 bridgehead atoms. The van der Waals surface area contributed by atoms with E-state index in [1.165, 1.54) is 4.90 Å². The van der Waals surface area contributed by atoms with E-state index < -0.39 is 23.5 Å². The molecule has 0 saturated heterocycles. The van der Waals surface area contributed by atoms with E-state index >= 15 is 0 Å². The molecule has 7 heteroatoms. The number of hydrogen-bond donors (Lipinski definition) is 1. The maximum absolute atomic E-state index is 13.5. The Morgan fingerprint density at radius 1 is 1.21 bits per heavy atom. The number of ketones is 1. The Bertz CT molecular complexity index is 1170. The van der Waals surface area contributed by atoms with E-state index in [-0.39, 0.29) is 11.3 Å². The van der Waals surface area contributed by atoms with Crippen LogP contribution in [0.4, 0.5) is 0 Å². The lowest BCUT2D eigenvalue weighted by Crippen LogP contribution is -2.32. The Kier molecular flexibility index (Phi) is 6.60. The van der Waals surface area contributed by atoms with Crippen LogP contribution in [0.15, 0.2) is 83.0 Å². The third kappa shape index (κ3) is 4.40. The number of methoxy groups -OCH3 is 1. The van der Waals surface area contributed by atoms with Gasteiger partial charge in [-0.1, -0.05) is 43.0 Å². The molecule has 1 atom stereocenters. The van der Waals surface area contributed by atoms with Crippen molar-refractivity contribution in [3.8, 4) is 5.75 Å². The highest BCUT2D eigenvalue weighted by molar-refractivity contribution is 6.16. The van der Waals surface area contributed by atoms with E-state index in [9.17, 15) is 14.7 Å². The average molecular weight is 447 g/mol. The van der Waals surface area contributed by atoms with Crippen molar-refractivity contribution >= 4 is 22.7 Å². The molecule has 0 radical (unpaired) electrons. The van der Waals surface area contributed by atoms with E-state index in [1.807, 2.05) is 18.2 Å². The number of benzene rings is 2. The monoisotopic (exact) mass is 447 g/mol. The summed E-state index contributed by atoms with van der Waals surface area (Å²) in [6, 6.07) is 15.2. The van der Waals surface area contributed by atoms with Crippen LogP contribution in [0, 0.1) is 0 Å². The summed E-state index contributed by atoms with van der Waals surface area (Å²) >= 11 is 0. The first-order valence-electron chi connectivity index (χ1n) is 10.6. The van der Waals surface area contributed by atoms with E-state index in [0.717, 1.165) is 5.39 Å². The number of ether oxygens (including phenoxy) is 2. The van der Waals surface area contributed by atoms with Crippen molar-refractivity contribution in [1.82, 2.24) is 4.90 Å². The predicted octanol–water partition coefficient (Wildman–Crippen LogP) is 4.61. The van der Waals surface area contributed by atoms with Crippen LogP contribution in [0.5, 0.6) is 5.75 Å². The Morgan fingerprint density at radius 3 is 2.67 bits per heavy atom. The number of rotatable bonds is 10. The summed E-state index contributed by atoms with van der Waals surface area (Å²) in [7, 11) is 1.58. The molecule has 1 N–H and O–H groups in total. The van der Waals surface area contributed by atoms with Gasteiger partial charge >= 0.3 is 0 Å². The number of Topliss-reactive ketones (excluding diaryl/α,β-unsaturated/α-hetero) is 1. The van der Waals surface area contributed by atoms with Gasteiger partial charge in [0.1, 0.15) is 17.9 Å². The number of furan rings is 1. The maximum Gasteiger partial charge on any atom is 0.290 e. The number of nitrogens with zero attached hydrogens (tertiary/aromatic N) is 1. The second-order valence-corrected chi connectivity index (χ2v) is 7.66. The Hall–Kier alpha value is -3.84. The van der Waals surface area contributed by atoms with Gasteiger partial charge in [-0.2, -0.15) is 0 Å². The van der Waals surface area contributed by atoms with Crippen LogP contribution in [0.1, 0.15) is 28.6 Å². The van der Waals surface area contributed by atoms with Gasteiger partial charge in [0.05, 0.1) is 11.6 Å². The molecule has 0 spiro atoms. The summed E-state index contributed by atoms with van der Waals surface area (Å²) < 4.78 is 16.4. The third-order valence-corrected chi connectivity index (χ3v) is 5.51. The normalized spacial score (nSPS) is 16.0. The Balaban J connectivity index is 1.72. The molecular formula is C26H25NO6. The second kappa shape index (κ2) is 9.75. The summed E-state index contributed by atoms with van der Waals surface area (Å²) in [6.07, 6.45) is 2.20. The van der Waals surface area contributed by atoms with Crippen molar-refractivity contribution < 1.29 is 28.6 Å². The molecule has 1 aromatic heterocycles. The van der Waals surface area contributed by atoms with Gasteiger partial charge in [-0.05, 0) is 36.2 Å². The fourth-order valence-corrected chi connectivity index (χ4v) is 3.97. The summed E-state index contributed by atoms with van der Waals surface area (Å²) in [4.78, 5) is 27.9. The van der Waals surface area contributed by atoms with E-state index in [0.29, 0.717) is 43.1 Å². The molecule has 33 heavy (non-hydrogen) atoms. The molecule has 2 aromatic carbocycles. The zero-order chi connectivity index (χ0) is 23.4. The SMILES string of the molecule is C=CCOc1ccc(C2C(C(=O)c3cc4ccccc4o3)=C(O)C(=O)N2CCCOC)cc1. The lowest BCUT2D eigenvalue weighted by atomic mass is 9.95. The van der Waals surface area contributed by atoms with Gasteiger partial charge in [-0.25, -0.2) is 0 Å². The van der Waals surface area contributed by atoms with E-state index in [1.54, 1.807) is 49.6 Å². The molecule has 170 valence electrons. The lowest BCUT2D eigenvalue weighted by molar-refractivity contribution is -0.129. The van der Waals surface area contributed by atoms with Crippen LogP contribution in [0.3, 0.4) is 0 Å². The highest BCUT2D eigenvalue weighted by atomic mass is 16.5. The van der Waals surface area contributed by atoms with Crippen LogP contribution in [-0.4, -0.2) is 48.6 Å². The van der Waals surface area contributed by atoms with Gasteiger partial charge in [0, 0.05) is 25.6 Å². The minimum absolute atomic E-state index is 0.00349. The molecule has 7 nitrogen and oxygen atoms in total. The average Bonchev–Trinajstić information content (AvgIpc) is 3.38. The minimum Gasteiger partial charge on any atom is -0.503 e. The quantitative estimate of drug-likeness (QED) is 0.277. The van der Waals surface area contributed by atoms with Crippen LogP contribution >= 0.6 is 0 Å². The van der Waals surface area contributed by atoms with Gasteiger partial charge in [-0.3, -0.25) is 9.59 Å². The topological polar surface area (TPSA) is 89.2 Å². The Morgan fingerprint density at radius 2 is 1.97 bits per heavy atom. The molecule has 0 saturated carbocycles. The van der Waals surface area contributed by atoms with Gasteiger partial charge in [0.15, 0.2) is 11.5 Å². The van der Waals surface area contributed by atoms with Crippen molar-refractivity contribution in [3.05, 3.63) is 89.9 Å². The molecule has 0 aliphatic carbocycles. The Labute approximate surface area is 191 Å². The van der Waals surface area contributed by atoms with Gasteiger partial charge in [-0.15, -0.1) is 0 Å². The molecule has 3 aromatic rings. The first kappa shape index (κ1) is 22.4. The molecule has 4 rings (SSSR count). The maximum atomic E-state index is 13.5. The zero-order valence-corrected chi connectivity index (χ0v) is 18.3. The van der Waals surface area contributed by atoms with Crippen molar-refractivity contribution in [2.45, 2.75) is 12.5 Å². The molecule has 2 heterocycles. The number of para-hydroxylation sites is 1. The van der Waals surface area contributed by atoms with Crippen molar-refractivity contribution in [1.29, 1.82) is 0 Å². The number of fused-ring (bicyclic) bond motifs is 1. The van der Waals surface area contributed by atoms with Crippen LogP contribution in [0.2, 0.25) is 0 Å². The fraction of sp³-hybridized carbons (Fsp3) is 0.231. The molecule has 1 aliphatic heterocycles. The number of aliphatic hydroxyl groups excluding tert-OH is 1. The minimum atomic E-state index is -0.761. The molecule has 1 aliphatic rings. The van der Waals surface area contributed by atoms with Gasteiger partial charge in [0.25, 0.3) is 5.91 Å². The number of aliphatic hydroxyl groups is 1. The summed E-state index contributed by atoms with van der Waals surface area (Å²) in [5.74, 6) is -0.979. The van der Waals surface area contributed by atoms with E-state index in [2.05, 4.69) is 6.58 Å². The molecule has 0 fully saturated rings. The van der Waals surface area contributed by atoms with Crippen molar-refractivity contribution in [3.63, 3.8) is 0 Å². The first-order valence-corrected chi connectivity index (χ1v) is 10.6. The number of hydrogen-bond acceptors (Lipinski definition) is 6. The first-order chi connectivity index (χ1) is 16.0. The molecule has 1 unspecified atom stereocenters. The third-order valence-electron chi connectivity index (χ3n) is 5.51. The number of carbonyl (C=O) groups is 2. The van der Waals surface area contributed by atoms with Gasteiger partial charge in [0.2, 0.25) is 5.78 Å². The van der Waals surface area contributed by atoms with Crippen LogP contribution < -0.4 is 4.74 Å². The number of amides is 1. The van der Waals surface area contributed by atoms with Crippen molar-refractivity contribution in [2.75, 3.05) is 26.9 Å². The lowest BCUT2D eigenvalue weighted by Gasteiger charge is -2.26. The molecule has 1 amide bonds. The smallest absolute Gasteiger partial charge is 0.290 e. The summed E-state index contributed by atoms with van der Waals surface area (Å²) in [5.41, 5.74) is 1.23. The van der Waals surface area contributed by atoms with Crippen molar-refractivity contribution in [2.24, 2.45) is 0 Å². The summed E-state index contributed by atoms with van der Waals surface area (Å²) in [6.45, 7) is 4.75. The second-order valence-electron chi connectivity index (χ2n) is 7.66. The number of carbonyl (C=O) groups excluding carboxylic acids is 2. The highest BCUT2D eigenvalue weighted by Gasteiger charge is 2.44. The largest absolute Gasteiger partial charge is 0.503 e. The highest BCUT2D eigenvalue weighted by Crippen LogP contribution is 2.40. The molecular weight excluding hydrogens is 422 g/mol. The summed E-state index contributed by atoms with van der Waals surface area (Å²) in [5, 5.41) is 11.5. The van der Waals surface area contributed by atoms with Gasteiger partial charge < -0.3 is 23.9 Å². The fourth-order valence-electron chi connectivity index (χ4n) is 3.97. The van der Waals surface area contributed by atoms with E-state index in [4.69, 9.17) is 13.9 Å².